The van der Waals surface area contributed by atoms with Crippen molar-refractivity contribution in [2.24, 2.45) is 18.9 Å². The molecule has 3 fully saturated rings. The second-order valence-electron chi connectivity index (χ2n) is 8.39. The zero-order valence-electron chi connectivity index (χ0n) is 16.2. The van der Waals surface area contributed by atoms with Crippen LogP contribution in [0.5, 0.6) is 0 Å². The summed E-state index contributed by atoms with van der Waals surface area (Å²) in [6.07, 6.45) is 5.02. The van der Waals surface area contributed by atoms with E-state index in [2.05, 4.69) is 31.8 Å². The highest BCUT2D eigenvalue weighted by Crippen LogP contribution is 2.41. The van der Waals surface area contributed by atoms with Gasteiger partial charge in [-0.15, -0.1) is 0 Å². The van der Waals surface area contributed by atoms with Gasteiger partial charge in [-0.25, -0.2) is 9.78 Å². The van der Waals surface area contributed by atoms with E-state index in [0.717, 1.165) is 24.4 Å². The van der Waals surface area contributed by atoms with Crippen LogP contribution >= 0.6 is 11.6 Å². The molecule has 3 N–H and O–H groups in total. The predicted molar refractivity (Wildman–Crippen MR) is 109 cm³/mol. The number of nitrogens with zero attached hydrogens (tertiary/aromatic N) is 5. The summed E-state index contributed by atoms with van der Waals surface area (Å²) in [6.45, 7) is 1.23. The van der Waals surface area contributed by atoms with Crippen LogP contribution in [0.4, 0.5) is 22.4 Å². The smallest absolute Gasteiger partial charge is 0.407 e. The maximum Gasteiger partial charge on any atom is 0.407 e. The molecule has 2 aromatic rings. The Balaban J connectivity index is 1.25. The third-order valence-corrected chi connectivity index (χ3v) is 6.52. The zero-order valence-corrected chi connectivity index (χ0v) is 16.9. The Morgan fingerprint density at radius 1 is 1.28 bits per heavy atom. The first-order valence-corrected chi connectivity index (χ1v) is 10.4. The molecule has 2 unspecified atom stereocenters. The van der Waals surface area contributed by atoms with Crippen molar-refractivity contribution in [3.63, 3.8) is 0 Å². The SMILES string of the molecule is Cn1nc(C2CC2)cc1Nc1ncc(Cl)c(NC2CC3CN(C(=O)O)CC3C2)n1. The highest BCUT2D eigenvalue weighted by atomic mass is 35.5. The van der Waals surface area contributed by atoms with E-state index >= 15 is 0 Å². The second kappa shape index (κ2) is 7.05. The molecule has 29 heavy (non-hydrogen) atoms. The Bertz CT molecular complexity index is 931. The van der Waals surface area contributed by atoms with Gasteiger partial charge in [0.2, 0.25) is 5.95 Å². The zero-order chi connectivity index (χ0) is 20.1. The van der Waals surface area contributed by atoms with Gasteiger partial charge >= 0.3 is 6.09 Å². The van der Waals surface area contributed by atoms with Gasteiger partial charge in [0.25, 0.3) is 0 Å². The third-order valence-electron chi connectivity index (χ3n) is 6.24. The van der Waals surface area contributed by atoms with E-state index in [1.807, 2.05) is 11.7 Å². The lowest BCUT2D eigenvalue weighted by Crippen LogP contribution is -2.29. The van der Waals surface area contributed by atoms with Crippen molar-refractivity contribution in [1.29, 1.82) is 0 Å². The molecule has 0 bridgehead atoms. The predicted octanol–water partition coefficient (Wildman–Crippen LogP) is 3.28. The first-order chi connectivity index (χ1) is 14.0. The Morgan fingerprint density at radius 2 is 2.00 bits per heavy atom. The normalized spacial score (nSPS) is 25.9. The lowest BCUT2D eigenvalue weighted by Gasteiger charge is -2.18. The molecule has 0 spiro atoms. The van der Waals surface area contributed by atoms with Crippen LogP contribution in [0.25, 0.3) is 0 Å². The van der Waals surface area contributed by atoms with Crippen molar-refractivity contribution in [2.45, 2.75) is 37.6 Å². The average molecular weight is 418 g/mol. The number of amides is 1. The lowest BCUT2D eigenvalue weighted by atomic mass is 10.0. The molecule has 10 heteroatoms. The third kappa shape index (κ3) is 3.71. The van der Waals surface area contributed by atoms with Crippen LogP contribution in [0.2, 0.25) is 5.02 Å². The molecular formula is C19H24ClN7O2. The average Bonchev–Trinajstić information content (AvgIpc) is 3.20. The molecule has 0 aromatic carbocycles. The molecule has 9 nitrogen and oxygen atoms in total. The molecule has 5 rings (SSSR count). The van der Waals surface area contributed by atoms with E-state index in [1.54, 1.807) is 6.20 Å². The molecule has 154 valence electrons. The number of likely N-dealkylation sites (tertiary alicyclic amines) is 1. The number of anilines is 3. The van der Waals surface area contributed by atoms with Gasteiger partial charge in [-0.1, -0.05) is 11.6 Å². The first-order valence-electron chi connectivity index (χ1n) is 10.0. The number of halogens is 1. The highest BCUT2D eigenvalue weighted by molar-refractivity contribution is 6.32. The van der Waals surface area contributed by atoms with Crippen LogP contribution in [-0.2, 0) is 7.05 Å². The number of hydrogen-bond acceptors (Lipinski definition) is 6. The molecule has 2 saturated carbocycles. The van der Waals surface area contributed by atoms with Gasteiger partial charge in [0.15, 0.2) is 5.82 Å². The fourth-order valence-corrected chi connectivity index (χ4v) is 4.74. The summed E-state index contributed by atoms with van der Waals surface area (Å²) in [7, 11) is 1.90. The van der Waals surface area contributed by atoms with Gasteiger partial charge in [0.1, 0.15) is 10.8 Å². The molecule has 1 amide bonds. The molecule has 0 radical (unpaired) electrons. The minimum absolute atomic E-state index is 0.236. The Morgan fingerprint density at radius 3 is 2.66 bits per heavy atom. The second-order valence-corrected chi connectivity index (χ2v) is 8.80. The molecule has 2 aliphatic carbocycles. The summed E-state index contributed by atoms with van der Waals surface area (Å²) in [5.74, 6) is 3.31. The van der Waals surface area contributed by atoms with Gasteiger partial charge in [0, 0.05) is 38.2 Å². The van der Waals surface area contributed by atoms with E-state index in [-0.39, 0.29) is 6.04 Å². The summed E-state index contributed by atoms with van der Waals surface area (Å²) < 4.78 is 1.81. The Labute approximate surface area is 173 Å². The molecule has 2 aromatic heterocycles. The van der Waals surface area contributed by atoms with Crippen molar-refractivity contribution in [2.75, 3.05) is 23.7 Å². The molecular weight excluding hydrogens is 394 g/mol. The van der Waals surface area contributed by atoms with Gasteiger partial charge in [-0.3, -0.25) is 4.68 Å². The molecule has 1 saturated heterocycles. The van der Waals surface area contributed by atoms with Crippen LogP contribution in [0, 0.1) is 11.8 Å². The number of rotatable bonds is 5. The standard InChI is InChI=1S/C19H24ClN7O2/c1-26-16(6-15(25-26)10-2-3-10)23-18-21-7-14(20)17(24-18)22-13-4-11-8-27(19(28)29)9-12(11)5-13/h6-7,10-13H,2-5,8-9H2,1H3,(H,28,29)(H2,21,22,23,24). The van der Waals surface area contributed by atoms with Crippen LogP contribution in [0.3, 0.4) is 0 Å². The van der Waals surface area contributed by atoms with Crippen LogP contribution < -0.4 is 10.6 Å². The minimum atomic E-state index is -0.821. The first kappa shape index (κ1) is 18.5. The number of nitrogens with one attached hydrogen (secondary N) is 2. The van der Waals surface area contributed by atoms with E-state index in [4.69, 9.17) is 11.6 Å². The molecule has 2 atom stereocenters. The number of fused-ring (bicyclic) bond motifs is 1. The van der Waals surface area contributed by atoms with E-state index in [9.17, 15) is 9.90 Å². The fourth-order valence-electron chi connectivity index (χ4n) is 4.60. The number of carboxylic acid groups (broad SMARTS) is 1. The summed E-state index contributed by atoms with van der Waals surface area (Å²) in [6, 6.07) is 2.29. The van der Waals surface area contributed by atoms with Gasteiger partial charge in [0.05, 0.1) is 11.9 Å². The van der Waals surface area contributed by atoms with Gasteiger partial charge in [-0.05, 0) is 37.5 Å². The molecule has 1 aliphatic heterocycles. The van der Waals surface area contributed by atoms with Gasteiger partial charge in [-0.2, -0.15) is 10.1 Å². The monoisotopic (exact) mass is 417 g/mol. The van der Waals surface area contributed by atoms with Gasteiger partial charge < -0.3 is 20.6 Å². The van der Waals surface area contributed by atoms with Crippen molar-refractivity contribution in [3.05, 3.63) is 23.0 Å². The summed E-state index contributed by atoms with van der Waals surface area (Å²) in [5.41, 5.74) is 1.11. The Kier molecular flexibility index (Phi) is 4.49. The largest absolute Gasteiger partial charge is 0.465 e. The van der Waals surface area contributed by atoms with Crippen molar-refractivity contribution < 1.29 is 9.90 Å². The Hall–Kier alpha value is -2.55. The number of aryl methyl sites for hydroxylation is 1. The van der Waals surface area contributed by atoms with Crippen molar-refractivity contribution in [1.82, 2.24) is 24.6 Å². The minimum Gasteiger partial charge on any atom is -0.465 e. The molecule has 3 aliphatic rings. The van der Waals surface area contributed by atoms with Crippen LogP contribution in [0.15, 0.2) is 12.3 Å². The quantitative estimate of drug-likeness (QED) is 0.684. The van der Waals surface area contributed by atoms with E-state index < -0.39 is 6.09 Å². The maximum atomic E-state index is 11.2. The van der Waals surface area contributed by atoms with Crippen LogP contribution in [-0.4, -0.2) is 55.0 Å². The maximum absolute atomic E-state index is 11.2. The summed E-state index contributed by atoms with van der Waals surface area (Å²) in [5, 5.41) is 20.9. The summed E-state index contributed by atoms with van der Waals surface area (Å²) >= 11 is 6.33. The van der Waals surface area contributed by atoms with Crippen LogP contribution in [0.1, 0.15) is 37.3 Å². The number of carbonyl (C=O) groups is 1. The fraction of sp³-hybridized carbons (Fsp3) is 0.579. The van der Waals surface area contributed by atoms with E-state index in [0.29, 0.717) is 47.6 Å². The van der Waals surface area contributed by atoms with Crippen molar-refractivity contribution >= 4 is 35.3 Å². The topological polar surface area (TPSA) is 108 Å². The lowest BCUT2D eigenvalue weighted by molar-refractivity contribution is 0.152. The summed E-state index contributed by atoms with van der Waals surface area (Å²) in [4.78, 5) is 21.6. The highest BCUT2D eigenvalue weighted by Gasteiger charge is 2.42. The van der Waals surface area contributed by atoms with E-state index in [1.165, 1.54) is 17.7 Å². The number of aromatic nitrogens is 4. The number of hydrogen-bond donors (Lipinski definition) is 3. The molecule has 3 heterocycles. The van der Waals surface area contributed by atoms with Crippen molar-refractivity contribution in [3.8, 4) is 0 Å².